The molecule has 3 aromatic rings. The smallest absolute Gasteiger partial charge is 0.309 e. The number of carboxylic acid groups (broad SMARTS) is 1. The number of nitrogens with one attached hydrogen (secondary N) is 1. The summed E-state index contributed by atoms with van der Waals surface area (Å²) in [5, 5.41) is 13.6. The number of rotatable bonds is 4. The van der Waals surface area contributed by atoms with Gasteiger partial charge in [-0.3, -0.25) is 9.59 Å². The molecule has 6 heteroatoms. The number of carboxylic acids is 1. The molecule has 1 fully saturated rings. The van der Waals surface area contributed by atoms with Crippen molar-refractivity contribution < 1.29 is 14.7 Å². The number of fused-ring (bicyclic) bond motifs is 1. The molecule has 0 unspecified atom stereocenters. The molecule has 1 saturated carbocycles. The Labute approximate surface area is 180 Å². The Morgan fingerprint density at radius 1 is 1.13 bits per heavy atom. The number of anilines is 1. The molecule has 1 heterocycles. The summed E-state index contributed by atoms with van der Waals surface area (Å²) in [6.07, 6.45) is 1.08. The Kier molecular flexibility index (Phi) is 4.93. The van der Waals surface area contributed by atoms with Gasteiger partial charge < -0.3 is 10.4 Å². The van der Waals surface area contributed by atoms with Crippen molar-refractivity contribution in [2.45, 2.75) is 40.5 Å². The monoisotopic (exact) mass is 422 g/mol. The van der Waals surface area contributed by atoms with Crippen molar-refractivity contribution in [2.75, 3.05) is 5.32 Å². The minimum absolute atomic E-state index is 0.117. The molecular weight excluding hydrogens is 396 g/mol. The first-order chi connectivity index (χ1) is 14.1. The molecule has 0 radical (unpaired) electrons. The summed E-state index contributed by atoms with van der Waals surface area (Å²) in [6.45, 7) is 7.59. The molecule has 0 spiro atoms. The second-order valence-electron chi connectivity index (χ2n) is 9.01. The highest BCUT2D eigenvalue weighted by Gasteiger charge is 2.58. The average Bonchev–Trinajstić information content (AvgIpc) is 3.21. The maximum atomic E-state index is 12.9. The molecule has 2 N–H and O–H groups in total. The predicted octanol–water partition coefficient (Wildman–Crippen LogP) is 5.74. The number of aliphatic carboxylic acids is 1. The lowest BCUT2D eigenvalue weighted by Crippen LogP contribution is -2.43. The third-order valence-corrected chi connectivity index (χ3v) is 8.03. The summed E-state index contributed by atoms with van der Waals surface area (Å²) < 4.78 is 1.16. The van der Waals surface area contributed by atoms with Crippen molar-refractivity contribution in [3.63, 3.8) is 0 Å². The number of hydrogen-bond acceptors (Lipinski definition) is 4. The number of carbonyl (C=O) groups excluding carboxylic acids is 1. The topological polar surface area (TPSA) is 79.3 Å². The highest BCUT2D eigenvalue weighted by atomic mass is 32.1. The van der Waals surface area contributed by atoms with Crippen molar-refractivity contribution >= 4 is 39.1 Å². The summed E-state index contributed by atoms with van der Waals surface area (Å²) in [5.74, 6) is -1.29. The van der Waals surface area contributed by atoms with Gasteiger partial charge >= 0.3 is 5.97 Å². The lowest BCUT2D eigenvalue weighted by atomic mass is 9.65. The fraction of sp³-hybridized carbons (Fsp3) is 0.375. The fourth-order valence-corrected chi connectivity index (χ4v) is 5.49. The maximum absolute atomic E-state index is 12.9. The van der Waals surface area contributed by atoms with Gasteiger partial charge in [-0.05, 0) is 74.1 Å². The van der Waals surface area contributed by atoms with Gasteiger partial charge in [0.05, 0.1) is 15.6 Å². The summed E-state index contributed by atoms with van der Waals surface area (Å²) in [7, 11) is 0. The van der Waals surface area contributed by atoms with E-state index < -0.39 is 16.8 Å². The van der Waals surface area contributed by atoms with Crippen LogP contribution in [0.2, 0.25) is 0 Å². The van der Waals surface area contributed by atoms with Gasteiger partial charge in [-0.1, -0.05) is 19.9 Å². The van der Waals surface area contributed by atoms with Crippen LogP contribution in [-0.2, 0) is 9.59 Å². The first kappa shape index (κ1) is 20.5. The molecular formula is C24H26N2O3S. The van der Waals surface area contributed by atoms with Gasteiger partial charge in [0.2, 0.25) is 5.91 Å². The molecule has 2 atom stereocenters. The number of nitrogens with zero attached hydrogens (tertiary/aromatic N) is 1. The van der Waals surface area contributed by atoms with Gasteiger partial charge in [-0.25, -0.2) is 4.98 Å². The summed E-state index contributed by atoms with van der Waals surface area (Å²) in [6, 6.07) is 13.9. The van der Waals surface area contributed by atoms with E-state index in [1.54, 1.807) is 18.3 Å². The van der Waals surface area contributed by atoms with E-state index in [1.807, 2.05) is 44.2 Å². The van der Waals surface area contributed by atoms with E-state index in [2.05, 4.69) is 24.4 Å². The zero-order valence-corrected chi connectivity index (χ0v) is 18.5. The van der Waals surface area contributed by atoms with Crippen molar-refractivity contribution in [2.24, 2.45) is 16.7 Å². The molecule has 1 aliphatic carbocycles. The van der Waals surface area contributed by atoms with E-state index in [-0.39, 0.29) is 11.8 Å². The first-order valence-electron chi connectivity index (χ1n) is 10.1. The Bertz CT molecular complexity index is 1130. The highest BCUT2D eigenvalue weighted by Crippen LogP contribution is 2.56. The van der Waals surface area contributed by atoms with Gasteiger partial charge in [-0.2, -0.15) is 0 Å². The van der Waals surface area contributed by atoms with E-state index in [4.69, 9.17) is 4.98 Å². The number of carbonyl (C=O) groups is 2. The van der Waals surface area contributed by atoms with E-state index in [9.17, 15) is 14.7 Å². The quantitative estimate of drug-likeness (QED) is 0.562. The molecule has 2 aromatic carbocycles. The van der Waals surface area contributed by atoms with Crippen molar-refractivity contribution in [3.05, 3.63) is 48.0 Å². The van der Waals surface area contributed by atoms with Crippen LogP contribution >= 0.6 is 11.3 Å². The fourth-order valence-electron chi connectivity index (χ4n) is 4.42. The van der Waals surface area contributed by atoms with Crippen LogP contribution in [0.1, 0.15) is 39.2 Å². The third-order valence-electron chi connectivity index (χ3n) is 6.96. The second-order valence-corrected chi connectivity index (χ2v) is 10.0. The molecule has 4 rings (SSSR count). The number of benzene rings is 2. The van der Waals surface area contributed by atoms with Crippen LogP contribution in [0.15, 0.2) is 42.5 Å². The number of aromatic nitrogens is 1. The SMILES string of the molecule is Cc1ccc2nc(-c3ccc(NC(=O)[C@H]4CC[C@@](C)(C(=O)O)C4(C)C)cc3)sc2c1. The lowest BCUT2D eigenvalue weighted by Gasteiger charge is -2.37. The van der Waals surface area contributed by atoms with Crippen molar-refractivity contribution in [1.82, 2.24) is 4.98 Å². The molecule has 1 aliphatic rings. The predicted molar refractivity (Wildman–Crippen MR) is 121 cm³/mol. The molecule has 5 nitrogen and oxygen atoms in total. The van der Waals surface area contributed by atoms with Crippen LogP contribution in [0.4, 0.5) is 5.69 Å². The van der Waals surface area contributed by atoms with Crippen LogP contribution in [0.3, 0.4) is 0 Å². The van der Waals surface area contributed by atoms with Gasteiger partial charge in [0, 0.05) is 17.2 Å². The van der Waals surface area contributed by atoms with Crippen LogP contribution in [0, 0.1) is 23.7 Å². The van der Waals surface area contributed by atoms with Crippen LogP contribution < -0.4 is 5.32 Å². The van der Waals surface area contributed by atoms with E-state index in [1.165, 1.54) is 5.56 Å². The summed E-state index contributed by atoms with van der Waals surface area (Å²) >= 11 is 1.65. The molecule has 1 amide bonds. The molecule has 156 valence electrons. The van der Waals surface area contributed by atoms with Gasteiger partial charge in [-0.15, -0.1) is 11.3 Å². The van der Waals surface area contributed by atoms with Gasteiger partial charge in [0.1, 0.15) is 5.01 Å². The Morgan fingerprint density at radius 3 is 2.47 bits per heavy atom. The van der Waals surface area contributed by atoms with Crippen LogP contribution in [0.5, 0.6) is 0 Å². The largest absolute Gasteiger partial charge is 0.481 e. The normalized spacial score (nSPS) is 22.9. The van der Waals surface area contributed by atoms with Crippen LogP contribution in [-0.4, -0.2) is 22.0 Å². The molecule has 0 bridgehead atoms. The van der Waals surface area contributed by atoms with Crippen LogP contribution in [0.25, 0.3) is 20.8 Å². The van der Waals surface area contributed by atoms with E-state index in [0.717, 1.165) is 20.8 Å². The summed E-state index contributed by atoms with van der Waals surface area (Å²) in [4.78, 5) is 29.4. The number of hydrogen-bond donors (Lipinski definition) is 2. The molecule has 30 heavy (non-hydrogen) atoms. The van der Waals surface area contributed by atoms with Crippen molar-refractivity contribution in [3.8, 4) is 10.6 Å². The Hall–Kier alpha value is -2.73. The minimum atomic E-state index is -0.899. The van der Waals surface area contributed by atoms with Gasteiger partial charge in [0.15, 0.2) is 0 Å². The first-order valence-corrected chi connectivity index (χ1v) is 11.0. The zero-order chi connectivity index (χ0) is 21.7. The Morgan fingerprint density at radius 2 is 1.83 bits per heavy atom. The van der Waals surface area contributed by atoms with E-state index >= 15 is 0 Å². The molecule has 0 saturated heterocycles. The second kappa shape index (κ2) is 7.20. The molecule has 0 aliphatic heterocycles. The minimum Gasteiger partial charge on any atom is -0.481 e. The lowest BCUT2D eigenvalue weighted by molar-refractivity contribution is -0.154. The number of aryl methyl sites for hydroxylation is 1. The summed E-state index contributed by atoms with van der Waals surface area (Å²) in [5.41, 5.74) is 2.39. The number of amides is 1. The maximum Gasteiger partial charge on any atom is 0.309 e. The highest BCUT2D eigenvalue weighted by molar-refractivity contribution is 7.21. The van der Waals surface area contributed by atoms with Gasteiger partial charge in [0.25, 0.3) is 0 Å². The third kappa shape index (κ3) is 3.29. The Balaban J connectivity index is 1.51. The molecule has 1 aromatic heterocycles. The average molecular weight is 423 g/mol. The van der Waals surface area contributed by atoms with E-state index in [0.29, 0.717) is 18.5 Å². The zero-order valence-electron chi connectivity index (χ0n) is 17.7. The standard InChI is InChI=1S/C24H26N2O3S/c1-14-5-10-18-19(13-14)30-21(26-18)15-6-8-16(9-7-15)25-20(27)17-11-12-24(4,22(28)29)23(17,2)3/h5-10,13,17H,11-12H2,1-4H3,(H,25,27)(H,28,29)/t17-,24+/m1/s1. The van der Waals surface area contributed by atoms with Crippen molar-refractivity contribution in [1.29, 1.82) is 0 Å². The number of thiazole rings is 1.